The molecular weight excluding hydrogens is 240 g/mol. The number of halogens is 1. The predicted octanol–water partition coefficient (Wildman–Crippen LogP) is 3.41. The highest BCUT2D eigenvalue weighted by atomic mass is 79.9. The van der Waals surface area contributed by atoms with Gasteiger partial charge >= 0.3 is 0 Å². The maximum atomic E-state index is 5.85. The number of anilines is 2. The molecule has 0 aliphatic rings. The Labute approximate surface area is 93.3 Å². The number of nitrogens with one attached hydrogen (secondary N) is 1. The molecule has 14 heavy (non-hydrogen) atoms. The van der Waals surface area contributed by atoms with Gasteiger partial charge in [0, 0.05) is 10.5 Å². The van der Waals surface area contributed by atoms with Crippen molar-refractivity contribution in [3.8, 4) is 0 Å². The Balaban J connectivity index is 2.71. The summed E-state index contributed by atoms with van der Waals surface area (Å²) in [5, 5.41) is 3.32. The summed E-state index contributed by atoms with van der Waals surface area (Å²) in [5.74, 6) is 0. The van der Waals surface area contributed by atoms with Gasteiger partial charge in [0.1, 0.15) is 0 Å². The van der Waals surface area contributed by atoms with Crippen LogP contribution in [-0.4, -0.2) is 6.04 Å². The van der Waals surface area contributed by atoms with Gasteiger partial charge in [-0.3, -0.25) is 0 Å². The average Bonchev–Trinajstić information content (AvgIpc) is 2.10. The van der Waals surface area contributed by atoms with Crippen LogP contribution in [0.5, 0.6) is 0 Å². The number of hydrogen-bond acceptors (Lipinski definition) is 2. The lowest BCUT2D eigenvalue weighted by Crippen LogP contribution is -2.14. The first-order valence-electron chi connectivity index (χ1n) is 4.56. The van der Waals surface area contributed by atoms with Crippen LogP contribution in [0.25, 0.3) is 0 Å². The molecule has 0 aliphatic heterocycles. The van der Waals surface area contributed by atoms with Crippen molar-refractivity contribution in [2.75, 3.05) is 11.1 Å². The zero-order valence-electron chi connectivity index (χ0n) is 8.26. The van der Waals surface area contributed by atoms with Crippen LogP contribution in [0.2, 0.25) is 0 Å². The molecule has 0 bridgehead atoms. The molecule has 0 saturated carbocycles. The predicted molar refractivity (Wildman–Crippen MR) is 66.5 cm³/mol. The number of benzene rings is 1. The normalized spacial score (nSPS) is 12.1. The van der Waals surface area contributed by atoms with E-state index in [0.29, 0.717) is 6.04 Å². The molecule has 3 heteroatoms. The van der Waals surface area contributed by atoms with Gasteiger partial charge in [-0.1, -0.05) is 22.0 Å². The van der Waals surface area contributed by atoms with E-state index in [1.54, 1.807) is 0 Å². The van der Waals surface area contributed by atoms with Crippen molar-refractivity contribution in [2.45, 2.75) is 19.4 Å². The van der Waals surface area contributed by atoms with Gasteiger partial charge in [-0.25, -0.2) is 0 Å². The molecule has 1 unspecified atom stereocenters. The number of nitrogen functional groups attached to an aromatic ring is 1. The van der Waals surface area contributed by atoms with Gasteiger partial charge in [-0.2, -0.15) is 0 Å². The van der Waals surface area contributed by atoms with Crippen LogP contribution < -0.4 is 11.1 Å². The fourth-order valence-electron chi connectivity index (χ4n) is 1.24. The molecule has 0 aliphatic carbocycles. The van der Waals surface area contributed by atoms with Gasteiger partial charge in [-0.05, 0) is 31.5 Å². The van der Waals surface area contributed by atoms with E-state index in [-0.39, 0.29) is 0 Å². The third kappa shape index (κ3) is 3.07. The lowest BCUT2D eigenvalue weighted by Gasteiger charge is -2.15. The van der Waals surface area contributed by atoms with Crippen molar-refractivity contribution >= 4 is 27.3 Å². The summed E-state index contributed by atoms with van der Waals surface area (Å²) in [6.07, 6.45) is 2.82. The standard InChI is InChI=1S/C11H15BrN2/c1-3-4-8(2)14-11-6-5-9(12)7-10(11)13/h3,5-8,14H,1,4,13H2,2H3. The van der Waals surface area contributed by atoms with Crippen LogP contribution in [0.15, 0.2) is 35.3 Å². The molecule has 2 nitrogen and oxygen atoms in total. The molecule has 0 heterocycles. The minimum absolute atomic E-state index is 0.357. The second kappa shape index (κ2) is 5.05. The smallest absolute Gasteiger partial charge is 0.0576 e. The lowest BCUT2D eigenvalue weighted by molar-refractivity contribution is 0.814. The topological polar surface area (TPSA) is 38.0 Å². The van der Waals surface area contributed by atoms with E-state index >= 15 is 0 Å². The third-order valence-corrected chi connectivity index (χ3v) is 2.43. The van der Waals surface area contributed by atoms with Crippen molar-refractivity contribution in [1.82, 2.24) is 0 Å². The fraction of sp³-hybridized carbons (Fsp3) is 0.273. The van der Waals surface area contributed by atoms with Crippen molar-refractivity contribution in [2.24, 2.45) is 0 Å². The lowest BCUT2D eigenvalue weighted by atomic mass is 10.2. The van der Waals surface area contributed by atoms with Crippen LogP contribution >= 0.6 is 15.9 Å². The Hall–Kier alpha value is -0.960. The van der Waals surface area contributed by atoms with Gasteiger partial charge in [-0.15, -0.1) is 6.58 Å². The third-order valence-electron chi connectivity index (χ3n) is 1.94. The molecule has 1 aromatic carbocycles. The maximum absolute atomic E-state index is 5.85. The minimum atomic E-state index is 0.357. The van der Waals surface area contributed by atoms with E-state index in [9.17, 15) is 0 Å². The van der Waals surface area contributed by atoms with E-state index in [1.165, 1.54) is 0 Å². The molecular formula is C11H15BrN2. The quantitative estimate of drug-likeness (QED) is 0.639. The van der Waals surface area contributed by atoms with Gasteiger partial charge in [0.2, 0.25) is 0 Å². The molecule has 1 atom stereocenters. The Morgan fingerprint density at radius 3 is 2.93 bits per heavy atom. The summed E-state index contributed by atoms with van der Waals surface area (Å²) in [7, 11) is 0. The number of hydrogen-bond donors (Lipinski definition) is 2. The van der Waals surface area contributed by atoms with Crippen molar-refractivity contribution < 1.29 is 0 Å². The fourth-order valence-corrected chi connectivity index (χ4v) is 1.62. The minimum Gasteiger partial charge on any atom is -0.397 e. The molecule has 1 rings (SSSR count). The first-order chi connectivity index (χ1) is 6.63. The zero-order chi connectivity index (χ0) is 10.6. The first-order valence-corrected chi connectivity index (χ1v) is 5.35. The number of nitrogens with two attached hydrogens (primary N) is 1. The molecule has 0 amide bonds. The van der Waals surface area contributed by atoms with Crippen molar-refractivity contribution in [3.05, 3.63) is 35.3 Å². The first kappa shape index (κ1) is 11.1. The van der Waals surface area contributed by atoms with Gasteiger partial charge in [0.25, 0.3) is 0 Å². The Morgan fingerprint density at radius 1 is 1.64 bits per heavy atom. The van der Waals surface area contributed by atoms with E-state index in [2.05, 4.69) is 34.7 Å². The van der Waals surface area contributed by atoms with Crippen LogP contribution in [0, 0.1) is 0 Å². The Kier molecular flexibility index (Phi) is 4.01. The SMILES string of the molecule is C=CCC(C)Nc1ccc(Br)cc1N. The molecule has 0 radical (unpaired) electrons. The molecule has 76 valence electrons. The molecule has 0 saturated heterocycles. The van der Waals surface area contributed by atoms with E-state index in [1.807, 2.05) is 24.3 Å². The summed E-state index contributed by atoms with van der Waals surface area (Å²) in [6, 6.07) is 6.19. The number of rotatable bonds is 4. The molecule has 0 aromatic heterocycles. The van der Waals surface area contributed by atoms with Crippen LogP contribution in [0.3, 0.4) is 0 Å². The summed E-state index contributed by atoms with van der Waals surface area (Å²) >= 11 is 3.37. The van der Waals surface area contributed by atoms with E-state index in [0.717, 1.165) is 22.3 Å². The molecule has 3 N–H and O–H groups in total. The summed E-state index contributed by atoms with van der Waals surface area (Å²) in [5.41, 5.74) is 7.58. The largest absolute Gasteiger partial charge is 0.397 e. The second-order valence-electron chi connectivity index (χ2n) is 3.30. The highest BCUT2D eigenvalue weighted by Crippen LogP contribution is 2.23. The van der Waals surface area contributed by atoms with Crippen LogP contribution in [-0.2, 0) is 0 Å². The van der Waals surface area contributed by atoms with Gasteiger partial charge in [0.05, 0.1) is 11.4 Å². The summed E-state index contributed by atoms with van der Waals surface area (Å²) in [4.78, 5) is 0. The highest BCUT2D eigenvalue weighted by molar-refractivity contribution is 9.10. The van der Waals surface area contributed by atoms with Crippen molar-refractivity contribution in [3.63, 3.8) is 0 Å². The highest BCUT2D eigenvalue weighted by Gasteiger charge is 2.02. The Bertz CT molecular complexity index is 323. The molecule has 1 aromatic rings. The van der Waals surface area contributed by atoms with Crippen LogP contribution in [0.4, 0.5) is 11.4 Å². The molecule has 0 fully saturated rings. The van der Waals surface area contributed by atoms with E-state index < -0.39 is 0 Å². The van der Waals surface area contributed by atoms with Crippen LogP contribution in [0.1, 0.15) is 13.3 Å². The van der Waals surface area contributed by atoms with E-state index in [4.69, 9.17) is 5.73 Å². The van der Waals surface area contributed by atoms with Gasteiger partial charge in [0.15, 0.2) is 0 Å². The maximum Gasteiger partial charge on any atom is 0.0576 e. The second-order valence-corrected chi connectivity index (χ2v) is 4.22. The summed E-state index contributed by atoms with van der Waals surface area (Å²) in [6.45, 7) is 5.80. The van der Waals surface area contributed by atoms with Gasteiger partial charge < -0.3 is 11.1 Å². The van der Waals surface area contributed by atoms with Crippen molar-refractivity contribution in [1.29, 1.82) is 0 Å². The summed E-state index contributed by atoms with van der Waals surface area (Å²) < 4.78 is 0.997. The molecule has 0 spiro atoms. The average molecular weight is 255 g/mol. The monoisotopic (exact) mass is 254 g/mol. The zero-order valence-corrected chi connectivity index (χ0v) is 9.84. The Morgan fingerprint density at radius 2 is 2.36 bits per heavy atom.